The van der Waals surface area contributed by atoms with E-state index in [0.717, 1.165) is 11.4 Å². The van der Waals surface area contributed by atoms with Crippen LogP contribution in [0.1, 0.15) is 21.7 Å². The van der Waals surface area contributed by atoms with E-state index in [0.29, 0.717) is 24.4 Å². The van der Waals surface area contributed by atoms with Gasteiger partial charge in [-0.2, -0.15) is 0 Å². The first-order valence-corrected chi connectivity index (χ1v) is 6.61. The van der Waals surface area contributed by atoms with Gasteiger partial charge < -0.3 is 9.64 Å². The first-order chi connectivity index (χ1) is 10.2. The number of carbonyl (C=O) groups excluding carboxylic acids is 1. The number of nitrogens with zero attached hydrogens (tertiary/aromatic N) is 3. The van der Waals surface area contributed by atoms with Crippen LogP contribution in [0.5, 0.6) is 0 Å². The average Bonchev–Trinajstić information content (AvgIpc) is 2.85. The molecule has 0 atom stereocenters. The summed E-state index contributed by atoms with van der Waals surface area (Å²) < 4.78 is 6.87. The molecule has 2 heterocycles. The Labute approximate surface area is 123 Å². The Morgan fingerprint density at radius 1 is 1.38 bits per heavy atom. The van der Waals surface area contributed by atoms with Gasteiger partial charge in [0.25, 0.3) is 5.91 Å². The predicted octanol–water partition coefficient (Wildman–Crippen LogP) is 1.46. The first-order valence-electron chi connectivity index (χ1n) is 6.61. The molecule has 0 saturated carbocycles. The van der Waals surface area contributed by atoms with Gasteiger partial charge in [-0.25, -0.2) is 4.98 Å². The summed E-state index contributed by atoms with van der Waals surface area (Å²) in [7, 11) is 3.39. The van der Waals surface area contributed by atoms with Crippen molar-refractivity contribution in [1.29, 1.82) is 0 Å². The smallest absolute Gasteiger partial charge is 0.256 e. The molecule has 5 heteroatoms. The molecular formula is C16H15N3O2. The van der Waals surface area contributed by atoms with E-state index in [4.69, 9.17) is 4.74 Å². The molecule has 1 aromatic heterocycles. The number of hydrogen-bond donors (Lipinski definition) is 0. The van der Waals surface area contributed by atoms with Crippen LogP contribution in [0.25, 0.3) is 5.69 Å². The molecule has 0 spiro atoms. The van der Waals surface area contributed by atoms with Crippen LogP contribution in [-0.4, -0.2) is 41.1 Å². The van der Waals surface area contributed by atoms with Crippen LogP contribution in [0.2, 0.25) is 0 Å². The molecule has 3 rings (SSSR count). The molecule has 1 aliphatic heterocycles. The Balaban J connectivity index is 2.15. The van der Waals surface area contributed by atoms with Crippen LogP contribution < -0.4 is 0 Å². The fourth-order valence-electron chi connectivity index (χ4n) is 2.40. The van der Waals surface area contributed by atoms with Crippen molar-refractivity contribution in [3.05, 3.63) is 47.5 Å². The number of para-hydroxylation sites is 1. The lowest BCUT2D eigenvalue weighted by atomic mass is 10.1. The van der Waals surface area contributed by atoms with Crippen molar-refractivity contribution in [1.82, 2.24) is 14.5 Å². The molecule has 21 heavy (non-hydrogen) atoms. The molecule has 0 bridgehead atoms. The maximum absolute atomic E-state index is 12.4. The van der Waals surface area contributed by atoms with E-state index < -0.39 is 0 Å². The van der Waals surface area contributed by atoms with E-state index in [-0.39, 0.29) is 5.91 Å². The second kappa shape index (κ2) is 5.43. The summed E-state index contributed by atoms with van der Waals surface area (Å²) in [5.41, 5.74) is 3.12. The van der Waals surface area contributed by atoms with Crippen LogP contribution in [0.15, 0.2) is 30.6 Å². The highest BCUT2D eigenvalue weighted by molar-refractivity contribution is 5.98. The minimum Gasteiger partial charge on any atom is -0.372 e. The Morgan fingerprint density at radius 3 is 3.00 bits per heavy atom. The van der Waals surface area contributed by atoms with Crippen LogP contribution in [0.3, 0.4) is 0 Å². The monoisotopic (exact) mass is 281 g/mol. The largest absolute Gasteiger partial charge is 0.372 e. The lowest BCUT2D eigenvalue weighted by Gasteiger charge is -2.13. The van der Waals surface area contributed by atoms with Gasteiger partial charge in [-0.1, -0.05) is 18.1 Å². The summed E-state index contributed by atoms with van der Waals surface area (Å²) >= 11 is 0. The van der Waals surface area contributed by atoms with Crippen molar-refractivity contribution >= 4 is 5.91 Å². The molecule has 0 saturated heterocycles. The van der Waals surface area contributed by atoms with Crippen molar-refractivity contribution in [2.45, 2.75) is 6.54 Å². The highest BCUT2D eigenvalue weighted by atomic mass is 16.5. The predicted molar refractivity (Wildman–Crippen MR) is 78.1 cm³/mol. The number of amides is 1. The number of imidazole rings is 1. The highest BCUT2D eigenvalue weighted by Crippen LogP contribution is 2.24. The zero-order valence-corrected chi connectivity index (χ0v) is 12.0. The maximum Gasteiger partial charge on any atom is 0.256 e. The summed E-state index contributed by atoms with van der Waals surface area (Å²) in [6.45, 7) is 0.835. The zero-order valence-electron chi connectivity index (χ0n) is 12.0. The van der Waals surface area contributed by atoms with Gasteiger partial charge in [-0.15, -0.1) is 0 Å². The molecule has 0 aliphatic carbocycles. The number of aromatic nitrogens is 2. The van der Waals surface area contributed by atoms with Crippen molar-refractivity contribution < 1.29 is 9.53 Å². The quantitative estimate of drug-likeness (QED) is 0.743. The molecular weight excluding hydrogens is 266 g/mol. The molecule has 0 fully saturated rings. The summed E-state index contributed by atoms with van der Waals surface area (Å²) in [5.74, 6) is 5.91. The van der Waals surface area contributed by atoms with Gasteiger partial charge in [0, 0.05) is 14.2 Å². The van der Waals surface area contributed by atoms with E-state index in [9.17, 15) is 4.79 Å². The number of rotatable bonds is 1. The average molecular weight is 281 g/mol. The van der Waals surface area contributed by atoms with E-state index >= 15 is 0 Å². The molecule has 0 N–H and O–H groups in total. The van der Waals surface area contributed by atoms with Crippen molar-refractivity contribution in [2.75, 3.05) is 20.8 Å². The normalized spacial score (nSPS) is 13.0. The minimum absolute atomic E-state index is 0.00472. The van der Waals surface area contributed by atoms with Crippen molar-refractivity contribution in [2.24, 2.45) is 0 Å². The Bertz CT molecular complexity index is 752. The molecule has 1 amide bonds. The second-order valence-electron chi connectivity index (χ2n) is 4.82. The molecule has 0 radical (unpaired) electrons. The van der Waals surface area contributed by atoms with Crippen molar-refractivity contribution in [3.8, 4) is 17.5 Å². The van der Waals surface area contributed by atoms with Gasteiger partial charge in [0.1, 0.15) is 18.6 Å². The number of carbonyl (C=O) groups is 1. The lowest BCUT2D eigenvalue weighted by Crippen LogP contribution is -2.25. The summed E-state index contributed by atoms with van der Waals surface area (Å²) in [6, 6.07) is 7.53. The Hall–Kier alpha value is -2.58. The van der Waals surface area contributed by atoms with E-state index in [1.54, 1.807) is 25.4 Å². The standard InChI is InChI=1S/C16H15N3O2/c1-18-10-15-13(7-5-9-21-2)17-11-19(15)14-8-4-3-6-12(14)16(18)20/h3-4,6,8,11H,9-10H2,1-2H3. The number of methoxy groups -OCH3 is 1. The van der Waals surface area contributed by atoms with Crippen LogP contribution in [0, 0.1) is 11.8 Å². The highest BCUT2D eigenvalue weighted by Gasteiger charge is 2.25. The van der Waals surface area contributed by atoms with Gasteiger partial charge in [-0.3, -0.25) is 9.36 Å². The number of hydrogen-bond acceptors (Lipinski definition) is 3. The molecule has 0 unspecified atom stereocenters. The third-order valence-corrected chi connectivity index (χ3v) is 3.42. The number of benzene rings is 1. The van der Waals surface area contributed by atoms with E-state index in [2.05, 4.69) is 16.8 Å². The fraction of sp³-hybridized carbons (Fsp3) is 0.250. The maximum atomic E-state index is 12.4. The van der Waals surface area contributed by atoms with Gasteiger partial charge in [0.15, 0.2) is 0 Å². The SMILES string of the molecule is COCC#Cc1ncn2c1CN(C)C(=O)c1ccccc1-2. The van der Waals surface area contributed by atoms with Gasteiger partial charge >= 0.3 is 0 Å². The Morgan fingerprint density at radius 2 is 2.19 bits per heavy atom. The molecule has 5 nitrogen and oxygen atoms in total. The van der Waals surface area contributed by atoms with Crippen LogP contribution in [-0.2, 0) is 11.3 Å². The molecule has 1 aromatic carbocycles. The Kier molecular flexibility index (Phi) is 3.46. The number of fused-ring (bicyclic) bond motifs is 3. The van der Waals surface area contributed by atoms with Gasteiger partial charge in [0.2, 0.25) is 0 Å². The third kappa shape index (κ3) is 2.30. The molecule has 1 aliphatic rings. The zero-order chi connectivity index (χ0) is 14.8. The van der Waals surface area contributed by atoms with Gasteiger partial charge in [-0.05, 0) is 18.1 Å². The van der Waals surface area contributed by atoms with E-state index in [1.165, 1.54) is 0 Å². The summed E-state index contributed by atoms with van der Waals surface area (Å²) in [4.78, 5) is 18.5. The second-order valence-corrected chi connectivity index (χ2v) is 4.82. The van der Waals surface area contributed by atoms with Crippen LogP contribution >= 0.6 is 0 Å². The first kappa shape index (κ1) is 13.4. The van der Waals surface area contributed by atoms with Gasteiger partial charge in [0.05, 0.1) is 23.5 Å². The number of ether oxygens (including phenoxy) is 1. The topological polar surface area (TPSA) is 47.4 Å². The van der Waals surface area contributed by atoms with Crippen LogP contribution in [0.4, 0.5) is 0 Å². The third-order valence-electron chi connectivity index (χ3n) is 3.42. The van der Waals surface area contributed by atoms with Crippen molar-refractivity contribution in [3.63, 3.8) is 0 Å². The molecule has 2 aromatic rings. The lowest BCUT2D eigenvalue weighted by molar-refractivity contribution is 0.0788. The minimum atomic E-state index is 0.00472. The van der Waals surface area contributed by atoms with E-state index in [1.807, 2.05) is 28.8 Å². The summed E-state index contributed by atoms with van der Waals surface area (Å²) in [6.07, 6.45) is 1.72. The fourth-order valence-corrected chi connectivity index (χ4v) is 2.40. The molecule has 106 valence electrons. The summed E-state index contributed by atoms with van der Waals surface area (Å²) in [5, 5.41) is 0.